The van der Waals surface area contributed by atoms with Gasteiger partial charge >= 0.3 is 0 Å². The summed E-state index contributed by atoms with van der Waals surface area (Å²) in [4.78, 5) is 4.21. The normalized spacial score (nSPS) is 14.9. The quantitative estimate of drug-likeness (QED) is 0.825. The first-order chi connectivity index (χ1) is 10.4. The molecule has 3 rings (SSSR count). The second kappa shape index (κ2) is 7.11. The van der Waals surface area contributed by atoms with Gasteiger partial charge in [-0.15, -0.1) is 0 Å². The number of thioether (sulfide) groups is 1. The fourth-order valence-electron chi connectivity index (χ4n) is 2.18. The summed E-state index contributed by atoms with van der Waals surface area (Å²) in [6.45, 7) is 4.26. The molecule has 0 spiro atoms. The molecule has 1 N–H and O–H groups in total. The van der Waals surface area contributed by atoms with E-state index in [1.54, 1.807) is 18.1 Å². The Hall–Kier alpha value is -1.31. The van der Waals surface area contributed by atoms with Crippen LogP contribution in [0.5, 0.6) is 11.5 Å². The van der Waals surface area contributed by atoms with Crippen molar-refractivity contribution in [3.63, 3.8) is 0 Å². The molecule has 0 aliphatic carbocycles. The first-order valence-electron chi connectivity index (χ1n) is 6.89. The van der Waals surface area contributed by atoms with Crippen molar-refractivity contribution in [2.24, 2.45) is 0 Å². The van der Waals surface area contributed by atoms with Gasteiger partial charge in [0.1, 0.15) is 19.5 Å². The van der Waals surface area contributed by atoms with E-state index in [0.717, 1.165) is 28.1 Å². The molecule has 1 aliphatic rings. The van der Waals surface area contributed by atoms with Crippen molar-refractivity contribution in [3.05, 3.63) is 30.1 Å². The van der Waals surface area contributed by atoms with Crippen LogP contribution in [0, 0.1) is 0 Å². The number of nitrogens with one attached hydrogen (secondary N) is 1. The molecule has 0 amide bonds. The summed E-state index contributed by atoms with van der Waals surface area (Å²) in [6.07, 6.45) is 1.60. The molecule has 112 valence electrons. The van der Waals surface area contributed by atoms with Gasteiger partial charge in [0.25, 0.3) is 0 Å². The maximum absolute atomic E-state index is 5.66. The number of hydrogen-bond donors (Lipinski definition) is 1. The molecular weight excluding hydrogens is 306 g/mol. The van der Waals surface area contributed by atoms with Crippen molar-refractivity contribution in [1.29, 1.82) is 0 Å². The molecule has 2 heterocycles. The minimum absolute atomic E-state index is 0.250. The molecule has 0 saturated heterocycles. The molecule has 5 nitrogen and oxygen atoms in total. The molecule has 0 bridgehead atoms. The molecule has 0 saturated carbocycles. The highest BCUT2D eigenvalue weighted by atomic mass is 32.2. The van der Waals surface area contributed by atoms with E-state index in [-0.39, 0.29) is 6.04 Å². The lowest BCUT2D eigenvalue weighted by Crippen LogP contribution is -2.23. The number of rotatable bonds is 6. The fraction of sp³-hybridized carbons (Fsp3) is 0.429. The van der Waals surface area contributed by atoms with Crippen molar-refractivity contribution in [2.45, 2.75) is 17.3 Å². The summed E-state index contributed by atoms with van der Waals surface area (Å²) in [5.74, 6) is 2.57. The maximum Gasteiger partial charge on any atom is 0.169 e. The van der Waals surface area contributed by atoms with Gasteiger partial charge in [0, 0.05) is 11.8 Å². The van der Waals surface area contributed by atoms with Gasteiger partial charge < -0.3 is 14.8 Å². The third-order valence-electron chi connectivity index (χ3n) is 3.13. The molecule has 1 aliphatic heterocycles. The number of nitrogens with zero attached hydrogens (tertiary/aromatic N) is 2. The molecule has 21 heavy (non-hydrogen) atoms. The minimum atomic E-state index is 0.250. The number of benzene rings is 1. The third kappa shape index (κ3) is 3.66. The van der Waals surface area contributed by atoms with Gasteiger partial charge in [-0.05, 0) is 35.8 Å². The highest BCUT2D eigenvalue weighted by Gasteiger charge is 2.17. The van der Waals surface area contributed by atoms with Gasteiger partial charge in [0.15, 0.2) is 15.8 Å². The molecular formula is C14H17N3O2S2. The van der Waals surface area contributed by atoms with Crippen LogP contribution in [0.4, 0.5) is 0 Å². The number of fused-ring (bicyclic) bond motifs is 1. The van der Waals surface area contributed by atoms with E-state index in [9.17, 15) is 0 Å². The zero-order chi connectivity index (χ0) is 14.5. The average molecular weight is 323 g/mol. The number of aromatic nitrogens is 2. The van der Waals surface area contributed by atoms with Crippen LogP contribution in [-0.2, 0) is 0 Å². The van der Waals surface area contributed by atoms with Gasteiger partial charge in [-0.1, -0.05) is 24.8 Å². The third-order valence-corrected chi connectivity index (χ3v) is 5.02. The van der Waals surface area contributed by atoms with E-state index in [1.165, 1.54) is 17.1 Å². The highest BCUT2D eigenvalue weighted by Crippen LogP contribution is 2.34. The maximum atomic E-state index is 5.66. The molecule has 2 aromatic rings. The highest BCUT2D eigenvalue weighted by molar-refractivity contribution is 8.00. The van der Waals surface area contributed by atoms with Crippen LogP contribution in [0.2, 0.25) is 0 Å². The Labute approximate surface area is 132 Å². The summed E-state index contributed by atoms with van der Waals surface area (Å²) in [5, 5.41) is 3.51. The lowest BCUT2D eigenvalue weighted by atomic mass is 10.1. The van der Waals surface area contributed by atoms with E-state index in [0.29, 0.717) is 13.2 Å². The molecule has 1 unspecified atom stereocenters. The summed E-state index contributed by atoms with van der Waals surface area (Å²) < 4.78 is 16.3. The van der Waals surface area contributed by atoms with Gasteiger partial charge in [0.05, 0.1) is 0 Å². The predicted octanol–water partition coefficient (Wildman–Crippen LogP) is 2.75. The summed E-state index contributed by atoms with van der Waals surface area (Å²) in [7, 11) is 0. The van der Waals surface area contributed by atoms with Gasteiger partial charge in [0.2, 0.25) is 0 Å². The monoisotopic (exact) mass is 323 g/mol. The fourth-order valence-corrected chi connectivity index (χ4v) is 3.74. The van der Waals surface area contributed by atoms with Crippen LogP contribution in [-0.4, -0.2) is 34.9 Å². The SMILES string of the molecule is CCNC(CSc1ncns1)c1ccc2c(c1)OCCO2. The topological polar surface area (TPSA) is 56.3 Å². The largest absolute Gasteiger partial charge is 0.486 e. The second-order valence-corrected chi connectivity index (χ2v) is 6.58. The van der Waals surface area contributed by atoms with Crippen LogP contribution in [0.3, 0.4) is 0 Å². The van der Waals surface area contributed by atoms with Crippen molar-refractivity contribution < 1.29 is 9.47 Å². The Morgan fingerprint density at radius 3 is 2.95 bits per heavy atom. The van der Waals surface area contributed by atoms with Gasteiger partial charge in [-0.25, -0.2) is 4.98 Å². The predicted molar refractivity (Wildman–Crippen MR) is 84.5 cm³/mol. The van der Waals surface area contributed by atoms with E-state index >= 15 is 0 Å². The minimum Gasteiger partial charge on any atom is -0.486 e. The zero-order valence-corrected chi connectivity index (χ0v) is 13.4. The van der Waals surface area contributed by atoms with E-state index < -0.39 is 0 Å². The Morgan fingerprint density at radius 1 is 1.33 bits per heavy atom. The van der Waals surface area contributed by atoms with Crippen LogP contribution in [0.25, 0.3) is 0 Å². The average Bonchev–Trinajstić information content (AvgIpc) is 3.04. The Morgan fingerprint density at radius 2 is 2.19 bits per heavy atom. The van der Waals surface area contributed by atoms with Crippen LogP contribution in [0.1, 0.15) is 18.5 Å². The molecule has 0 fully saturated rings. The molecule has 7 heteroatoms. The first kappa shape index (κ1) is 14.6. The molecule has 0 radical (unpaired) electrons. The summed E-state index contributed by atoms with van der Waals surface area (Å²) >= 11 is 3.15. The Kier molecular flexibility index (Phi) is 4.95. The van der Waals surface area contributed by atoms with Crippen LogP contribution < -0.4 is 14.8 Å². The van der Waals surface area contributed by atoms with Crippen LogP contribution >= 0.6 is 23.3 Å². The molecule has 1 aromatic carbocycles. The number of ether oxygens (including phenoxy) is 2. The van der Waals surface area contributed by atoms with Gasteiger partial charge in [-0.3, -0.25) is 0 Å². The van der Waals surface area contributed by atoms with E-state index in [4.69, 9.17) is 9.47 Å². The lowest BCUT2D eigenvalue weighted by molar-refractivity contribution is 0.171. The smallest absolute Gasteiger partial charge is 0.169 e. The zero-order valence-electron chi connectivity index (χ0n) is 11.7. The van der Waals surface area contributed by atoms with Crippen molar-refractivity contribution in [2.75, 3.05) is 25.5 Å². The number of hydrogen-bond acceptors (Lipinski definition) is 7. The second-order valence-electron chi connectivity index (χ2n) is 4.53. The standard InChI is InChI=1S/C14H17N3O2S2/c1-2-15-11(8-20-14-16-9-17-21-14)10-3-4-12-13(7-10)19-6-5-18-12/h3-4,7,9,11,15H,2,5-6,8H2,1H3. The Balaban J connectivity index is 1.73. The molecule has 1 atom stereocenters. The van der Waals surface area contributed by atoms with E-state index in [2.05, 4.69) is 33.7 Å². The lowest BCUT2D eigenvalue weighted by Gasteiger charge is -2.22. The Bertz CT molecular complexity index is 578. The summed E-state index contributed by atoms with van der Waals surface area (Å²) in [5.41, 5.74) is 1.21. The van der Waals surface area contributed by atoms with Gasteiger partial charge in [-0.2, -0.15) is 4.37 Å². The summed E-state index contributed by atoms with van der Waals surface area (Å²) in [6, 6.07) is 6.41. The van der Waals surface area contributed by atoms with E-state index in [1.807, 2.05) is 6.07 Å². The van der Waals surface area contributed by atoms with Crippen LogP contribution in [0.15, 0.2) is 28.9 Å². The van der Waals surface area contributed by atoms with Crippen molar-refractivity contribution in [3.8, 4) is 11.5 Å². The van der Waals surface area contributed by atoms with Crippen molar-refractivity contribution in [1.82, 2.24) is 14.7 Å². The first-order valence-corrected chi connectivity index (χ1v) is 8.65. The van der Waals surface area contributed by atoms with Crippen molar-refractivity contribution >= 4 is 23.3 Å². The molecule has 1 aromatic heterocycles.